The summed E-state index contributed by atoms with van der Waals surface area (Å²) in [5.74, 6) is -0.629. The Labute approximate surface area is 76.3 Å². The van der Waals surface area contributed by atoms with Crippen molar-refractivity contribution in [3.8, 4) is 0 Å². The zero-order valence-corrected chi connectivity index (χ0v) is 7.58. The third-order valence-corrected chi connectivity index (χ3v) is 1.68. The Morgan fingerprint density at radius 1 is 1.38 bits per heavy atom. The average molecular weight is 182 g/mol. The van der Waals surface area contributed by atoms with Gasteiger partial charge in [0, 0.05) is 6.92 Å². The van der Waals surface area contributed by atoms with Crippen LogP contribution in [0.1, 0.15) is 25.5 Å². The standard InChI is InChI=1S/C10H11FO2/c1-7(13-8(2)12)9-3-5-10(11)6-4-9/h3-7H,1-2H3/t7-/m0/s1. The molecule has 3 heteroatoms. The van der Waals surface area contributed by atoms with Crippen LogP contribution in [0.5, 0.6) is 0 Å². The Morgan fingerprint density at radius 2 is 1.92 bits per heavy atom. The van der Waals surface area contributed by atoms with E-state index in [1.807, 2.05) is 0 Å². The molecule has 1 aromatic rings. The first-order chi connectivity index (χ1) is 6.09. The van der Waals surface area contributed by atoms with Crippen molar-refractivity contribution in [2.24, 2.45) is 0 Å². The second-order valence-corrected chi connectivity index (χ2v) is 2.80. The lowest BCUT2D eigenvalue weighted by molar-refractivity contribution is -0.145. The fourth-order valence-corrected chi connectivity index (χ4v) is 1.05. The van der Waals surface area contributed by atoms with Gasteiger partial charge in [0.25, 0.3) is 0 Å². The predicted molar refractivity (Wildman–Crippen MR) is 46.6 cm³/mol. The van der Waals surface area contributed by atoms with E-state index in [0.29, 0.717) is 0 Å². The molecule has 1 aromatic carbocycles. The molecule has 0 aromatic heterocycles. The van der Waals surface area contributed by atoms with Gasteiger partial charge in [-0.2, -0.15) is 0 Å². The van der Waals surface area contributed by atoms with Crippen molar-refractivity contribution in [1.29, 1.82) is 0 Å². The minimum atomic E-state index is -0.336. The summed E-state index contributed by atoms with van der Waals surface area (Å²) >= 11 is 0. The van der Waals surface area contributed by atoms with Crippen LogP contribution in [-0.2, 0) is 9.53 Å². The molecule has 2 nitrogen and oxygen atoms in total. The predicted octanol–water partition coefficient (Wildman–Crippen LogP) is 2.45. The zero-order chi connectivity index (χ0) is 9.84. The van der Waals surface area contributed by atoms with E-state index in [2.05, 4.69) is 0 Å². The van der Waals surface area contributed by atoms with Crippen LogP contribution in [0.25, 0.3) is 0 Å². The average Bonchev–Trinajstić information content (AvgIpc) is 2.04. The Hall–Kier alpha value is -1.38. The molecule has 0 bridgehead atoms. The van der Waals surface area contributed by atoms with Gasteiger partial charge in [-0.05, 0) is 24.6 Å². The monoisotopic (exact) mass is 182 g/mol. The largest absolute Gasteiger partial charge is 0.458 e. The first kappa shape index (κ1) is 9.71. The van der Waals surface area contributed by atoms with Crippen LogP contribution in [0.15, 0.2) is 24.3 Å². The molecule has 0 saturated carbocycles. The van der Waals surface area contributed by atoms with Crippen molar-refractivity contribution in [2.75, 3.05) is 0 Å². The molecule has 0 spiro atoms. The maximum atomic E-state index is 12.5. The first-order valence-electron chi connectivity index (χ1n) is 4.02. The molecule has 1 atom stereocenters. The smallest absolute Gasteiger partial charge is 0.303 e. The van der Waals surface area contributed by atoms with Crippen LogP contribution in [-0.4, -0.2) is 5.97 Å². The van der Waals surface area contributed by atoms with E-state index in [9.17, 15) is 9.18 Å². The minimum absolute atomic E-state index is 0.293. The maximum absolute atomic E-state index is 12.5. The van der Waals surface area contributed by atoms with Gasteiger partial charge in [0.1, 0.15) is 11.9 Å². The van der Waals surface area contributed by atoms with Gasteiger partial charge in [-0.15, -0.1) is 0 Å². The van der Waals surface area contributed by atoms with Crippen molar-refractivity contribution >= 4 is 5.97 Å². The number of ether oxygens (including phenoxy) is 1. The molecule has 0 fully saturated rings. The van der Waals surface area contributed by atoms with Crippen LogP contribution >= 0.6 is 0 Å². The number of hydrogen-bond acceptors (Lipinski definition) is 2. The van der Waals surface area contributed by atoms with E-state index in [1.54, 1.807) is 19.1 Å². The molecule has 0 radical (unpaired) electrons. The highest BCUT2D eigenvalue weighted by molar-refractivity contribution is 5.66. The molecule has 0 amide bonds. The molecule has 13 heavy (non-hydrogen) atoms. The summed E-state index contributed by atoms with van der Waals surface area (Å²) in [6.07, 6.45) is -0.321. The summed E-state index contributed by atoms with van der Waals surface area (Å²) < 4.78 is 17.4. The third kappa shape index (κ3) is 2.86. The first-order valence-corrected chi connectivity index (χ1v) is 4.02. The highest BCUT2D eigenvalue weighted by Crippen LogP contribution is 2.16. The summed E-state index contributed by atoms with van der Waals surface area (Å²) in [6, 6.07) is 5.89. The number of carbonyl (C=O) groups is 1. The Kier molecular flexibility index (Phi) is 3.01. The fraction of sp³-hybridized carbons (Fsp3) is 0.300. The topological polar surface area (TPSA) is 26.3 Å². The highest BCUT2D eigenvalue weighted by Gasteiger charge is 2.07. The van der Waals surface area contributed by atoms with Gasteiger partial charge >= 0.3 is 5.97 Å². The SMILES string of the molecule is CC(=O)O[C@@H](C)c1ccc(F)cc1. The van der Waals surface area contributed by atoms with Gasteiger partial charge in [0.2, 0.25) is 0 Å². The van der Waals surface area contributed by atoms with E-state index < -0.39 is 0 Å². The van der Waals surface area contributed by atoms with Crippen LogP contribution in [0, 0.1) is 5.82 Å². The van der Waals surface area contributed by atoms with Gasteiger partial charge in [-0.25, -0.2) is 4.39 Å². The van der Waals surface area contributed by atoms with Gasteiger partial charge in [-0.1, -0.05) is 12.1 Å². The summed E-state index contributed by atoms with van der Waals surface area (Å²) in [5, 5.41) is 0. The van der Waals surface area contributed by atoms with Crippen molar-refractivity contribution in [1.82, 2.24) is 0 Å². The summed E-state index contributed by atoms with van der Waals surface area (Å²) in [7, 11) is 0. The fourth-order valence-electron chi connectivity index (χ4n) is 1.05. The van der Waals surface area contributed by atoms with Gasteiger partial charge in [0.15, 0.2) is 0 Å². The van der Waals surface area contributed by atoms with Crippen molar-refractivity contribution in [3.05, 3.63) is 35.6 Å². The lowest BCUT2D eigenvalue weighted by atomic mass is 10.1. The number of esters is 1. The Morgan fingerprint density at radius 3 is 2.38 bits per heavy atom. The molecule has 0 aliphatic rings. The number of halogens is 1. The molecular formula is C10H11FO2. The summed E-state index contributed by atoms with van der Waals surface area (Å²) in [5.41, 5.74) is 0.789. The number of hydrogen-bond donors (Lipinski definition) is 0. The number of benzene rings is 1. The van der Waals surface area contributed by atoms with Crippen LogP contribution in [0.3, 0.4) is 0 Å². The summed E-state index contributed by atoms with van der Waals surface area (Å²) in [6.45, 7) is 3.09. The van der Waals surface area contributed by atoms with Crippen molar-refractivity contribution in [2.45, 2.75) is 20.0 Å². The van der Waals surface area contributed by atoms with Crippen LogP contribution < -0.4 is 0 Å². The lowest BCUT2D eigenvalue weighted by Gasteiger charge is -2.11. The quantitative estimate of drug-likeness (QED) is 0.656. The molecular weight excluding hydrogens is 171 g/mol. The van der Waals surface area contributed by atoms with Crippen molar-refractivity contribution < 1.29 is 13.9 Å². The zero-order valence-electron chi connectivity index (χ0n) is 7.58. The maximum Gasteiger partial charge on any atom is 0.303 e. The van der Waals surface area contributed by atoms with E-state index in [4.69, 9.17) is 4.74 Å². The lowest BCUT2D eigenvalue weighted by Crippen LogP contribution is -2.04. The normalized spacial score (nSPS) is 12.2. The molecule has 1 rings (SSSR count). The van der Waals surface area contributed by atoms with Crippen LogP contribution in [0.2, 0.25) is 0 Å². The molecule has 0 saturated heterocycles. The summed E-state index contributed by atoms with van der Waals surface area (Å²) in [4.78, 5) is 10.6. The van der Waals surface area contributed by atoms with Crippen LogP contribution in [0.4, 0.5) is 4.39 Å². The third-order valence-electron chi connectivity index (χ3n) is 1.68. The molecule has 0 aliphatic heterocycles. The Balaban J connectivity index is 2.71. The van der Waals surface area contributed by atoms with Gasteiger partial charge in [-0.3, -0.25) is 4.79 Å². The highest BCUT2D eigenvalue weighted by atomic mass is 19.1. The molecule has 0 N–H and O–H groups in total. The van der Waals surface area contributed by atoms with E-state index in [0.717, 1.165) is 5.56 Å². The number of carbonyl (C=O) groups excluding carboxylic acids is 1. The molecule has 0 aliphatic carbocycles. The van der Waals surface area contributed by atoms with E-state index in [-0.39, 0.29) is 17.9 Å². The number of rotatable bonds is 2. The minimum Gasteiger partial charge on any atom is -0.458 e. The van der Waals surface area contributed by atoms with E-state index in [1.165, 1.54) is 19.1 Å². The van der Waals surface area contributed by atoms with Gasteiger partial charge < -0.3 is 4.74 Å². The molecule has 0 unspecified atom stereocenters. The molecule has 0 heterocycles. The molecule has 70 valence electrons. The van der Waals surface area contributed by atoms with Gasteiger partial charge in [0.05, 0.1) is 0 Å². The van der Waals surface area contributed by atoms with E-state index >= 15 is 0 Å². The second kappa shape index (κ2) is 4.03. The van der Waals surface area contributed by atoms with Crippen molar-refractivity contribution in [3.63, 3.8) is 0 Å². The Bertz CT molecular complexity index is 292. The second-order valence-electron chi connectivity index (χ2n) is 2.80.